The van der Waals surface area contributed by atoms with Gasteiger partial charge < -0.3 is 10.1 Å². The summed E-state index contributed by atoms with van der Waals surface area (Å²) in [5.74, 6) is -2.50. The highest BCUT2D eigenvalue weighted by Gasteiger charge is 2.39. The first-order chi connectivity index (χ1) is 12.6. The van der Waals surface area contributed by atoms with E-state index in [2.05, 4.69) is 5.32 Å². The monoisotopic (exact) mass is 353 g/mol. The number of hydrogen-bond acceptors (Lipinski definition) is 4. The van der Waals surface area contributed by atoms with E-state index in [9.17, 15) is 14.0 Å². The van der Waals surface area contributed by atoms with Gasteiger partial charge in [0.05, 0.1) is 12.3 Å². The first kappa shape index (κ1) is 17.9. The Hall–Kier alpha value is -2.95. The van der Waals surface area contributed by atoms with Gasteiger partial charge in [-0.25, -0.2) is 4.39 Å². The highest BCUT2D eigenvalue weighted by Crippen LogP contribution is 2.37. The zero-order valence-corrected chi connectivity index (χ0v) is 14.4. The molecule has 0 saturated heterocycles. The number of carbonyl (C=O) groups is 2. The van der Waals surface area contributed by atoms with Crippen molar-refractivity contribution in [2.45, 2.75) is 19.3 Å². The Bertz CT molecular complexity index is 832. The third kappa shape index (κ3) is 3.82. The topological polar surface area (TPSA) is 55.4 Å². The van der Waals surface area contributed by atoms with E-state index in [1.807, 2.05) is 30.3 Å². The van der Waals surface area contributed by atoms with Gasteiger partial charge in [-0.15, -0.1) is 0 Å². The van der Waals surface area contributed by atoms with Crippen molar-refractivity contribution < 1.29 is 18.7 Å². The smallest absolute Gasteiger partial charge is 0.317 e. The molecule has 5 heteroatoms. The largest absolute Gasteiger partial charge is 0.465 e. The average molecular weight is 353 g/mol. The number of esters is 1. The van der Waals surface area contributed by atoms with Crippen LogP contribution in [0.25, 0.3) is 0 Å². The van der Waals surface area contributed by atoms with Gasteiger partial charge in [-0.2, -0.15) is 0 Å². The summed E-state index contributed by atoms with van der Waals surface area (Å²) in [5.41, 5.74) is 1.75. The maximum Gasteiger partial charge on any atom is 0.317 e. The first-order valence-electron chi connectivity index (χ1n) is 8.57. The number of benzene rings is 2. The van der Waals surface area contributed by atoms with E-state index in [4.69, 9.17) is 4.74 Å². The number of hydrogen-bond donors (Lipinski definition) is 1. The molecule has 0 amide bonds. The molecule has 3 rings (SSSR count). The lowest BCUT2D eigenvalue weighted by Crippen LogP contribution is -2.35. The Morgan fingerprint density at radius 1 is 1.15 bits per heavy atom. The van der Waals surface area contributed by atoms with Crippen LogP contribution in [0.5, 0.6) is 0 Å². The first-order valence-corrected chi connectivity index (χ1v) is 8.57. The van der Waals surface area contributed by atoms with Crippen molar-refractivity contribution >= 4 is 17.4 Å². The van der Waals surface area contributed by atoms with E-state index in [-0.39, 0.29) is 18.3 Å². The number of ketones is 1. The van der Waals surface area contributed by atoms with E-state index in [0.717, 1.165) is 5.56 Å². The maximum atomic E-state index is 13.9. The Morgan fingerprint density at radius 2 is 1.85 bits per heavy atom. The van der Waals surface area contributed by atoms with Crippen LogP contribution >= 0.6 is 0 Å². The van der Waals surface area contributed by atoms with Crippen LogP contribution in [0.3, 0.4) is 0 Å². The van der Waals surface area contributed by atoms with E-state index in [1.165, 1.54) is 12.1 Å². The molecule has 2 atom stereocenters. The molecule has 1 N–H and O–H groups in total. The minimum absolute atomic E-state index is 0.216. The molecule has 0 aromatic heterocycles. The molecule has 26 heavy (non-hydrogen) atoms. The molecule has 2 aromatic rings. The van der Waals surface area contributed by atoms with Gasteiger partial charge in [-0.1, -0.05) is 42.5 Å². The number of allylic oxidation sites excluding steroid dienone is 2. The third-order valence-electron chi connectivity index (χ3n) is 4.40. The molecule has 0 saturated carbocycles. The van der Waals surface area contributed by atoms with Crippen molar-refractivity contribution in [1.29, 1.82) is 0 Å². The predicted molar refractivity (Wildman–Crippen MR) is 97.0 cm³/mol. The lowest BCUT2D eigenvalue weighted by atomic mass is 9.76. The number of rotatable bonds is 5. The van der Waals surface area contributed by atoms with Gasteiger partial charge in [0.1, 0.15) is 11.7 Å². The lowest BCUT2D eigenvalue weighted by Gasteiger charge is -2.29. The zero-order chi connectivity index (χ0) is 18.5. The second-order valence-corrected chi connectivity index (χ2v) is 6.13. The number of ether oxygens (including phenoxy) is 1. The van der Waals surface area contributed by atoms with Gasteiger partial charge in [0.15, 0.2) is 5.78 Å². The number of halogens is 1. The minimum Gasteiger partial charge on any atom is -0.465 e. The minimum atomic E-state index is -0.886. The Morgan fingerprint density at radius 3 is 2.54 bits per heavy atom. The summed E-state index contributed by atoms with van der Waals surface area (Å²) in [6.45, 7) is 1.93. The normalized spacial score (nSPS) is 19.6. The molecular formula is C21H20FNO3. The van der Waals surface area contributed by atoms with Crippen LogP contribution in [-0.4, -0.2) is 18.4 Å². The highest BCUT2D eigenvalue weighted by molar-refractivity contribution is 6.07. The average Bonchev–Trinajstić information content (AvgIpc) is 2.64. The van der Waals surface area contributed by atoms with Crippen LogP contribution in [0, 0.1) is 11.7 Å². The molecule has 1 aliphatic rings. The second kappa shape index (κ2) is 7.95. The van der Waals surface area contributed by atoms with Gasteiger partial charge in [0.2, 0.25) is 0 Å². The molecule has 0 spiro atoms. The van der Waals surface area contributed by atoms with Gasteiger partial charge >= 0.3 is 5.97 Å². The zero-order valence-electron chi connectivity index (χ0n) is 14.4. The van der Waals surface area contributed by atoms with E-state index in [1.54, 1.807) is 25.1 Å². The second-order valence-electron chi connectivity index (χ2n) is 6.13. The number of anilines is 1. The molecule has 1 aliphatic carbocycles. The molecule has 4 nitrogen and oxygen atoms in total. The fourth-order valence-corrected chi connectivity index (χ4v) is 3.22. The van der Waals surface area contributed by atoms with Crippen LogP contribution in [0.4, 0.5) is 10.1 Å². The molecule has 0 unspecified atom stereocenters. The van der Waals surface area contributed by atoms with E-state index >= 15 is 0 Å². The highest BCUT2D eigenvalue weighted by atomic mass is 19.1. The van der Waals surface area contributed by atoms with E-state index in [0.29, 0.717) is 17.8 Å². The van der Waals surface area contributed by atoms with Crippen molar-refractivity contribution in [3.8, 4) is 0 Å². The van der Waals surface area contributed by atoms with E-state index < -0.39 is 17.7 Å². The van der Waals surface area contributed by atoms with Crippen molar-refractivity contribution in [3.63, 3.8) is 0 Å². The van der Waals surface area contributed by atoms with Crippen molar-refractivity contribution in [2.75, 3.05) is 11.9 Å². The summed E-state index contributed by atoms with van der Waals surface area (Å²) >= 11 is 0. The van der Waals surface area contributed by atoms with Crippen LogP contribution in [-0.2, 0) is 14.3 Å². The lowest BCUT2D eigenvalue weighted by molar-refractivity contribution is -0.151. The molecule has 0 aliphatic heterocycles. The van der Waals surface area contributed by atoms with Crippen LogP contribution < -0.4 is 5.32 Å². The van der Waals surface area contributed by atoms with Crippen LogP contribution in [0.15, 0.2) is 66.4 Å². The van der Waals surface area contributed by atoms with Crippen LogP contribution in [0.2, 0.25) is 0 Å². The number of para-hydroxylation sites is 1. The summed E-state index contributed by atoms with van der Waals surface area (Å²) < 4.78 is 19.0. The van der Waals surface area contributed by atoms with Gasteiger partial charge in [0.25, 0.3) is 0 Å². The van der Waals surface area contributed by atoms with Gasteiger partial charge in [-0.05, 0) is 31.0 Å². The van der Waals surface area contributed by atoms with Gasteiger partial charge in [-0.3, -0.25) is 9.59 Å². The van der Waals surface area contributed by atoms with Crippen molar-refractivity contribution in [3.05, 3.63) is 77.8 Å². The molecule has 0 radical (unpaired) electrons. The molecule has 2 aromatic carbocycles. The molecule has 134 valence electrons. The summed E-state index contributed by atoms with van der Waals surface area (Å²) in [6.07, 6.45) is 1.79. The molecule has 0 fully saturated rings. The fourth-order valence-electron chi connectivity index (χ4n) is 3.22. The Balaban J connectivity index is 1.93. The maximum absolute atomic E-state index is 13.9. The summed E-state index contributed by atoms with van der Waals surface area (Å²) in [5, 5.41) is 2.98. The SMILES string of the molecule is CCOC(=O)[C@H]1C(=O)C=C(Nc2ccccc2F)C[C@H]1c1ccccc1. The Kier molecular flexibility index (Phi) is 5.46. The summed E-state index contributed by atoms with van der Waals surface area (Å²) in [6, 6.07) is 15.7. The quantitative estimate of drug-likeness (QED) is 0.651. The summed E-state index contributed by atoms with van der Waals surface area (Å²) in [4.78, 5) is 25.0. The third-order valence-corrected chi connectivity index (χ3v) is 4.40. The van der Waals surface area contributed by atoms with Crippen molar-refractivity contribution in [1.82, 2.24) is 0 Å². The standard InChI is InChI=1S/C21H20FNO3/c1-2-26-21(25)20-16(14-8-4-3-5-9-14)12-15(13-19(20)24)23-18-11-7-6-10-17(18)22/h3-11,13,16,20,23H,2,12H2,1H3/t16-,20+/m0/s1. The predicted octanol–water partition coefficient (Wildman–Crippen LogP) is 4.06. The molecular weight excluding hydrogens is 333 g/mol. The fraction of sp³-hybridized carbons (Fsp3) is 0.238. The van der Waals surface area contributed by atoms with Crippen molar-refractivity contribution in [2.24, 2.45) is 5.92 Å². The number of carbonyl (C=O) groups excluding carboxylic acids is 2. The molecule has 0 heterocycles. The number of nitrogens with one attached hydrogen (secondary N) is 1. The van der Waals surface area contributed by atoms with Gasteiger partial charge in [0, 0.05) is 17.7 Å². The molecule has 0 bridgehead atoms. The van der Waals surface area contributed by atoms with Crippen LogP contribution in [0.1, 0.15) is 24.8 Å². The Labute approximate surface area is 151 Å². The summed E-state index contributed by atoms with van der Waals surface area (Å²) in [7, 11) is 0.